The van der Waals surface area contributed by atoms with E-state index in [1.807, 2.05) is 11.3 Å². The lowest BCUT2D eigenvalue weighted by molar-refractivity contribution is 0.953. The van der Waals surface area contributed by atoms with Gasteiger partial charge >= 0.3 is 0 Å². The molecule has 7 aromatic carbocycles. The van der Waals surface area contributed by atoms with Crippen LogP contribution in [0.5, 0.6) is 0 Å². The number of hydrogen-bond donors (Lipinski definition) is 0. The first-order valence-electron chi connectivity index (χ1n) is 18.7. The maximum atomic E-state index is 5.66. The molecule has 0 N–H and O–H groups in total. The van der Waals surface area contributed by atoms with Crippen LogP contribution in [-0.4, -0.2) is 14.5 Å². The van der Waals surface area contributed by atoms with Gasteiger partial charge in [-0.1, -0.05) is 164 Å². The van der Waals surface area contributed by atoms with Crippen LogP contribution >= 0.6 is 11.3 Å². The van der Waals surface area contributed by atoms with Crippen molar-refractivity contribution >= 4 is 69.7 Å². The fraction of sp³-hybridized carbons (Fsp3) is 0.0196. The summed E-state index contributed by atoms with van der Waals surface area (Å²) in [4.78, 5) is 11.3. The average molecular weight is 720 g/mol. The third-order valence-electron chi connectivity index (χ3n) is 11.0. The van der Waals surface area contributed by atoms with Gasteiger partial charge in [0.15, 0.2) is 0 Å². The molecule has 0 bridgehead atoms. The topological polar surface area (TPSA) is 30.7 Å². The molecule has 11 rings (SSSR count). The van der Waals surface area contributed by atoms with E-state index in [1.165, 1.54) is 52.8 Å². The Morgan fingerprint density at radius 1 is 0.564 bits per heavy atom. The molecule has 3 heterocycles. The van der Waals surface area contributed by atoms with Gasteiger partial charge in [-0.15, -0.1) is 11.3 Å². The summed E-state index contributed by atoms with van der Waals surface area (Å²) in [5, 5.41) is 7.45. The SMILES string of the molecule is C=C1/C=C\C=C/Cc2nc(-n3c4ccc(-c5ccccc5)cc4c4c5ccccc5c5c6ccccc6sc5c43)nc(-c3ccccc3)c2-c2ccccc21. The Hall–Kier alpha value is -6.88. The highest BCUT2D eigenvalue weighted by Gasteiger charge is 2.26. The molecule has 1 aliphatic carbocycles. The normalized spacial score (nSPS) is 14.1. The molecule has 0 saturated carbocycles. The molecule has 0 amide bonds. The van der Waals surface area contributed by atoms with Crippen LogP contribution in [0.2, 0.25) is 0 Å². The molecule has 4 heteroatoms. The van der Waals surface area contributed by atoms with Gasteiger partial charge in [0.05, 0.1) is 27.1 Å². The lowest BCUT2D eigenvalue weighted by Crippen LogP contribution is -2.09. The van der Waals surface area contributed by atoms with E-state index < -0.39 is 0 Å². The third-order valence-corrected chi connectivity index (χ3v) is 12.1. The van der Waals surface area contributed by atoms with E-state index in [-0.39, 0.29) is 0 Å². The fourth-order valence-electron chi connectivity index (χ4n) is 8.53. The molecule has 0 atom stereocenters. The summed E-state index contributed by atoms with van der Waals surface area (Å²) < 4.78 is 4.86. The first-order valence-corrected chi connectivity index (χ1v) is 19.5. The monoisotopic (exact) mass is 719 g/mol. The van der Waals surface area contributed by atoms with Crippen LogP contribution < -0.4 is 0 Å². The lowest BCUT2D eigenvalue weighted by Gasteiger charge is -2.20. The number of nitrogens with zero attached hydrogens (tertiary/aromatic N) is 3. The van der Waals surface area contributed by atoms with Crippen molar-refractivity contribution in [2.24, 2.45) is 0 Å². The van der Waals surface area contributed by atoms with Crippen LogP contribution in [0, 0.1) is 0 Å². The van der Waals surface area contributed by atoms with Crippen molar-refractivity contribution in [1.82, 2.24) is 14.5 Å². The van der Waals surface area contributed by atoms with Crippen LogP contribution in [0.1, 0.15) is 11.3 Å². The van der Waals surface area contributed by atoms with E-state index in [0.29, 0.717) is 12.4 Å². The number of thiophene rings is 1. The van der Waals surface area contributed by atoms with Crippen LogP contribution in [0.4, 0.5) is 0 Å². The van der Waals surface area contributed by atoms with E-state index in [9.17, 15) is 0 Å². The highest BCUT2D eigenvalue weighted by atomic mass is 32.1. The molecule has 0 aliphatic heterocycles. The summed E-state index contributed by atoms with van der Waals surface area (Å²) in [7, 11) is 0. The van der Waals surface area contributed by atoms with E-state index in [0.717, 1.165) is 50.2 Å². The minimum atomic E-state index is 0.645. The van der Waals surface area contributed by atoms with Crippen molar-refractivity contribution in [2.45, 2.75) is 6.42 Å². The van der Waals surface area contributed by atoms with E-state index >= 15 is 0 Å². The van der Waals surface area contributed by atoms with Crippen molar-refractivity contribution in [3.05, 3.63) is 194 Å². The largest absolute Gasteiger partial charge is 0.276 e. The first kappa shape index (κ1) is 31.6. The van der Waals surface area contributed by atoms with Gasteiger partial charge < -0.3 is 0 Å². The Bertz CT molecular complexity index is 3240. The molecule has 3 nitrogen and oxygen atoms in total. The molecule has 10 aromatic rings. The van der Waals surface area contributed by atoms with Gasteiger partial charge in [-0.2, -0.15) is 0 Å². The van der Waals surface area contributed by atoms with Gasteiger partial charge in [-0.05, 0) is 56.8 Å². The van der Waals surface area contributed by atoms with Crippen LogP contribution in [0.3, 0.4) is 0 Å². The Balaban J connectivity index is 1.33. The van der Waals surface area contributed by atoms with Gasteiger partial charge in [-0.25, -0.2) is 9.97 Å². The van der Waals surface area contributed by atoms with Gasteiger partial charge in [0, 0.05) is 43.8 Å². The summed E-state index contributed by atoms with van der Waals surface area (Å²) in [6.07, 6.45) is 9.10. The van der Waals surface area contributed by atoms with Gasteiger partial charge in [-0.3, -0.25) is 4.57 Å². The molecular formula is C51H33N3S. The number of hydrogen-bond acceptors (Lipinski definition) is 3. The summed E-state index contributed by atoms with van der Waals surface area (Å²) in [6.45, 7) is 4.47. The number of benzene rings is 7. The Labute approximate surface area is 322 Å². The van der Waals surface area contributed by atoms with E-state index in [2.05, 4.69) is 187 Å². The molecule has 3 aromatic heterocycles. The summed E-state index contributed by atoms with van der Waals surface area (Å²) in [5.41, 5.74) is 11.7. The van der Waals surface area contributed by atoms with Crippen molar-refractivity contribution in [2.75, 3.05) is 0 Å². The second-order valence-electron chi connectivity index (χ2n) is 14.1. The number of aromatic nitrogens is 3. The van der Waals surface area contributed by atoms with E-state index in [1.54, 1.807) is 0 Å². The summed E-state index contributed by atoms with van der Waals surface area (Å²) in [5.74, 6) is 0.663. The van der Waals surface area contributed by atoms with Gasteiger partial charge in [0.25, 0.3) is 0 Å². The lowest BCUT2D eigenvalue weighted by atomic mass is 9.89. The Morgan fingerprint density at radius 2 is 1.24 bits per heavy atom. The second-order valence-corrected chi connectivity index (χ2v) is 15.2. The number of rotatable bonds is 3. The molecule has 55 heavy (non-hydrogen) atoms. The second kappa shape index (κ2) is 12.6. The first-order chi connectivity index (χ1) is 27.2. The number of allylic oxidation sites excluding steroid dienone is 5. The molecule has 0 saturated heterocycles. The zero-order chi connectivity index (χ0) is 36.5. The highest BCUT2D eigenvalue weighted by molar-refractivity contribution is 7.27. The Morgan fingerprint density at radius 3 is 2.04 bits per heavy atom. The van der Waals surface area contributed by atoms with Gasteiger partial charge in [0.1, 0.15) is 0 Å². The van der Waals surface area contributed by atoms with Crippen molar-refractivity contribution in [3.8, 4) is 39.5 Å². The minimum Gasteiger partial charge on any atom is -0.276 e. The summed E-state index contributed by atoms with van der Waals surface area (Å²) >= 11 is 1.86. The van der Waals surface area contributed by atoms with Gasteiger partial charge in [0.2, 0.25) is 5.95 Å². The smallest absolute Gasteiger partial charge is 0.235 e. The van der Waals surface area contributed by atoms with E-state index in [4.69, 9.17) is 9.97 Å². The van der Waals surface area contributed by atoms with Crippen molar-refractivity contribution in [1.29, 1.82) is 0 Å². The maximum absolute atomic E-state index is 5.66. The number of fused-ring (bicyclic) bond motifs is 13. The van der Waals surface area contributed by atoms with Crippen LogP contribution in [0.15, 0.2) is 183 Å². The van der Waals surface area contributed by atoms with Crippen molar-refractivity contribution in [3.63, 3.8) is 0 Å². The molecule has 0 radical (unpaired) electrons. The highest BCUT2D eigenvalue weighted by Crippen LogP contribution is 2.48. The standard InChI is InChI=1S/C51H33N3S/c1-32-17-5-2-10-27-42-47(37-23-12-11-22-36(32)37)48(34-20-8-4-9-21-34)53-51(52-42)54-43-30-29-35(33-18-6-3-7-19-33)31-41(43)45-38-24-13-14-25-39(38)46-40-26-15-16-28-44(40)55-50(46)49(45)54/h2-26,28-31H,1,27H2/b10-2-,17-5-. The predicted octanol–water partition coefficient (Wildman–Crippen LogP) is 13.8. The quantitative estimate of drug-likeness (QED) is 0.182. The minimum absolute atomic E-state index is 0.645. The molecule has 0 unspecified atom stereocenters. The zero-order valence-corrected chi connectivity index (χ0v) is 30.7. The fourth-order valence-corrected chi connectivity index (χ4v) is 9.78. The average Bonchev–Trinajstić information content (AvgIpc) is 3.80. The molecule has 0 fully saturated rings. The molecular weight excluding hydrogens is 687 g/mol. The summed E-state index contributed by atoms with van der Waals surface area (Å²) in [6, 6.07) is 54.3. The van der Waals surface area contributed by atoms with Crippen molar-refractivity contribution < 1.29 is 0 Å². The zero-order valence-electron chi connectivity index (χ0n) is 29.9. The predicted molar refractivity (Wildman–Crippen MR) is 234 cm³/mol. The third kappa shape index (κ3) is 4.96. The Kier molecular flexibility index (Phi) is 7.26. The van der Waals surface area contributed by atoms with Crippen LogP contribution in [0.25, 0.3) is 97.8 Å². The van der Waals surface area contributed by atoms with Crippen LogP contribution in [-0.2, 0) is 6.42 Å². The molecule has 0 spiro atoms. The maximum Gasteiger partial charge on any atom is 0.235 e. The molecule has 1 aliphatic rings. The molecule has 258 valence electrons.